The third kappa shape index (κ3) is 4.72. The number of hydrogen-bond donors (Lipinski definition) is 1. The molecule has 1 fully saturated rings. The summed E-state index contributed by atoms with van der Waals surface area (Å²) in [6, 6.07) is 10.3. The van der Waals surface area contributed by atoms with Crippen molar-refractivity contribution in [2.24, 2.45) is 0 Å². The van der Waals surface area contributed by atoms with Crippen molar-refractivity contribution in [2.45, 2.75) is 37.4 Å². The molecule has 1 aromatic carbocycles. The van der Waals surface area contributed by atoms with Crippen LogP contribution in [0.1, 0.15) is 42.6 Å². The van der Waals surface area contributed by atoms with Crippen molar-refractivity contribution < 1.29 is 17.6 Å². The molecule has 0 aliphatic heterocycles. The van der Waals surface area contributed by atoms with Gasteiger partial charge >= 0.3 is 0 Å². The van der Waals surface area contributed by atoms with E-state index in [-0.39, 0.29) is 5.02 Å². The Hall–Kier alpha value is -1.83. The number of Topliss-reactive ketones (excluding diaryl/α,β-unsaturated/α-hetero) is 1. The fraction of sp³-hybridized carbons (Fsp3) is 0.368. The van der Waals surface area contributed by atoms with Crippen LogP contribution in [0.3, 0.4) is 0 Å². The molecule has 8 heteroatoms. The van der Waals surface area contributed by atoms with E-state index < -0.39 is 39.1 Å². The van der Waals surface area contributed by atoms with Gasteiger partial charge in [-0.25, -0.2) is 22.5 Å². The monoisotopic (exact) mass is 410 g/mol. The van der Waals surface area contributed by atoms with Crippen LogP contribution in [0, 0.1) is 5.82 Å². The summed E-state index contributed by atoms with van der Waals surface area (Å²) in [6.45, 7) is -0.544. The molecule has 2 aromatic rings. The molecule has 0 unspecified atom stereocenters. The van der Waals surface area contributed by atoms with E-state index in [4.69, 9.17) is 11.6 Å². The zero-order valence-electron chi connectivity index (χ0n) is 14.6. The van der Waals surface area contributed by atoms with Gasteiger partial charge in [0.1, 0.15) is 5.69 Å². The van der Waals surface area contributed by atoms with E-state index in [1.165, 1.54) is 6.07 Å². The molecule has 1 N–H and O–H groups in total. The third-order valence-electron chi connectivity index (χ3n) is 4.67. The lowest BCUT2D eigenvalue weighted by atomic mass is 10.0. The molecule has 1 aliphatic carbocycles. The maximum Gasteiger partial charge on any atom is 0.214 e. The maximum absolute atomic E-state index is 14.3. The summed E-state index contributed by atoms with van der Waals surface area (Å²) in [5, 5.41) is -0.738. The molecule has 0 bridgehead atoms. The summed E-state index contributed by atoms with van der Waals surface area (Å²) >= 11 is 5.92. The number of sulfonamides is 1. The predicted octanol–water partition coefficient (Wildman–Crippen LogP) is 3.98. The number of ketones is 1. The van der Waals surface area contributed by atoms with Crippen LogP contribution in [0.5, 0.6) is 0 Å². The lowest BCUT2D eigenvalue weighted by molar-refractivity contribution is 0.0988. The molecule has 1 aliphatic rings. The number of benzene rings is 1. The minimum atomic E-state index is -3.63. The van der Waals surface area contributed by atoms with E-state index >= 15 is 0 Å². The summed E-state index contributed by atoms with van der Waals surface area (Å²) in [7, 11) is -3.63. The molecule has 0 saturated heterocycles. The Bertz CT molecular complexity index is 929. The molecule has 27 heavy (non-hydrogen) atoms. The second-order valence-electron chi connectivity index (χ2n) is 6.57. The molecular formula is C19H20ClFN2O3S. The quantitative estimate of drug-likeness (QED) is 0.731. The first-order chi connectivity index (χ1) is 12.9. The number of pyridine rings is 1. The number of halogens is 2. The van der Waals surface area contributed by atoms with Gasteiger partial charge in [-0.05, 0) is 18.9 Å². The first-order valence-electron chi connectivity index (χ1n) is 8.81. The van der Waals surface area contributed by atoms with Crippen molar-refractivity contribution in [3.8, 4) is 11.3 Å². The highest BCUT2D eigenvalue weighted by Gasteiger charge is 2.28. The number of rotatable bonds is 6. The van der Waals surface area contributed by atoms with Crippen molar-refractivity contribution in [1.29, 1.82) is 0 Å². The van der Waals surface area contributed by atoms with E-state index in [1.807, 2.05) is 6.07 Å². The molecule has 1 saturated carbocycles. The summed E-state index contributed by atoms with van der Waals surface area (Å²) in [4.78, 5) is 16.5. The Balaban J connectivity index is 1.79. The Kier molecular flexibility index (Phi) is 6.24. The number of hydrogen-bond acceptors (Lipinski definition) is 4. The largest absolute Gasteiger partial charge is 0.291 e. The number of carbonyl (C=O) groups excluding carboxylic acids is 1. The smallest absolute Gasteiger partial charge is 0.214 e. The van der Waals surface area contributed by atoms with Crippen LogP contribution in [0.25, 0.3) is 11.3 Å². The number of nitrogens with zero attached hydrogens (tertiary/aromatic N) is 1. The zero-order valence-corrected chi connectivity index (χ0v) is 16.2. The number of carbonyl (C=O) groups is 1. The second-order valence-corrected chi connectivity index (χ2v) is 9.02. The first-order valence-corrected chi connectivity index (χ1v) is 10.7. The molecule has 1 aromatic heterocycles. The van der Waals surface area contributed by atoms with Gasteiger partial charge in [-0.1, -0.05) is 61.2 Å². The summed E-state index contributed by atoms with van der Waals surface area (Å²) in [5.41, 5.74) is 0.560. The predicted molar refractivity (Wildman–Crippen MR) is 103 cm³/mol. The first kappa shape index (κ1) is 19.9. The van der Waals surface area contributed by atoms with E-state index in [9.17, 15) is 17.6 Å². The standard InChI is InChI=1S/C19H20ClFN2O3S/c20-15-11-16(13-7-3-1-4-8-13)23-19(18(15)21)17(24)12-22-27(25,26)14-9-5-2-6-10-14/h1,3-4,7-8,11,14,22H,2,5-6,9-10,12H2. The van der Waals surface area contributed by atoms with Crippen LogP contribution in [0.4, 0.5) is 4.39 Å². The molecule has 3 rings (SSSR count). The van der Waals surface area contributed by atoms with Crippen LogP contribution >= 0.6 is 11.6 Å². The van der Waals surface area contributed by atoms with Gasteiger partial charge in [-0.2, -0.15) is 0 Å². The molecule has 0 spiro atoms. The number of nitrogens with one attached hydrogen (secondary N) is 1. The average molecular weight is 411 g/mol. The van der Waals surface area contributed by atoms with E-state index in [0.29, 0.717) is 24.1 Å². The average Bonchev–Trinajstić information content (AvgIpc) is 2.69. The van der Waals surface area contributed by atoms with Crippen LogP contribution in [-0.4, -0.2) is 31.0 Å². The lowest BCUT2D eigenvalue weighted by Gasteiger charge is -2.21. The van der Waals surface area contributed by atoms with Gasteiger partial charge in [0.25, 0.3) is 0 Å². The van der Waals surface area contributed by atoms with Crippen molar-refractivity contribution in [2.75, 3.05) is 6.54 Å². The van der Waals surface area contributed by atoms with Crippen LogP contribution < -0.4 is 4.72 Å². The van der Waals surface area contributed by atoms with E-state index in [1.54, 1.807) is 24.3 Å². The van der Waals surface area contributed by atoms with Crippen molar-refractivity contribution in [3.05, 3.63) is 52.9 Å². The third-order valence-corrected chi connectivity index (χ3v) is 6.84. The Labute approximate surface area is 163 Å². The Morgan fingerprint density at radius 2 is 1.85 bits per heavy atom. The van der Waals surface area contributed by atoms with Gasteiger partial charge in [-0.15, -0.1) is 0 Å². The lowest BCUT2D eigenvalue weighted by Crippen LogP contribution is -2.38. The van der Waals surface area contributed by atoms with Gasteiger partial charge < -0.3 is 0 Å². The van der Waals surface area contributed by atoms with Gasteiger partial charge in [-0.3, -0.25) is 4.79 Å². The van der Waals surface area contributed by atoms with Crippen molar-refractivity contribution in [3.63, 3.8) is 0 Å². The highest BCUT2D eigenvalue weighted by Crippen LogP contribution is 2.26. The van der Waals surface area contributed by atoms with Crippen molar-refractivity contribution in [1.82, 2.24) is 9.71 Å². The summed E-state index contributed by atoms with van der Waals surface area (Å²) in [5.74, 6) is -1.70. The maximum atomic E-state index is 14.3. The molecule has 1 heterocycles. The van der Waals surface area contributed by atoms with E-state index in [2.05, 4.69) is 9.71 Å². The van der Waals surface area contributed by atoms with Gasteiger partial charge in [0.2, 0.25) is 10.0 Å². The van der Waals surface area contributed by atoms with Gasteiger partial charge in [0, 0.05) is 5.56 Å². The molecular weight excluding hydrogens is 391 g/mol. The molecule has 5 nitrogen and oxygen atoms in total. The summed E-state index contributed by atoms with van der Waals surface area (Å²) < 4.78 is 41.4. The highest BCUT2D eigenvalue weighted by atomic mass is 35.5. The fourth-order valence-electron chi connectivity index (χ4n) is 3.18. The van der Waals surface area contributed by atoms with Gasteiger partial charge in [0.15, 0.2) is 11.6 Å². The van der Waals surface area contributed by atoms with Crippen LogP contribution in [0.15, 0.2) is 36.4 Å². The van der Waals surface area contributed by atoms with Crippen LogP contribution in [-0.2, 0) is 10.0 Å². The number of aromatic nitrogens is 1. The van der Waals surface area contributed by atoms with E-state index in [0.717, 1.165) is 19.3 Å². The minimum Gasteiger partial charge on any atom is -0.291 e. The fourth-order valence-corrected chi connectivity index (χ4v) is 4.90. The topological polar surface area (TPSA) is 76.1 Å². The molecule has 0 atom stereocenters. The Morgan fingerprint density at radius 1 is 1.19 bits per heavy atom. The SMILES string of the molecule is O=C(CNS(=O)(=O)C1CCCCC1)c1nc(-c2ccccc2)cc(Cl)c1F. The minimum absolute atomic E-state index is 0.234. The van der Waals surface area contributed by atoms with Crippen LogP contribution in [0.2, 0.25) is 5.02 Å². The molecule has 0 amide bonds. The molecule has 0 radical (unpaired) electrons. The van der Waals surface area contributed by atoms with Gasteiger partial charge in [0.05, 0.1) is 22.5 Å². The molecule has 144 valence electrons. The highest BCUT2D eigenvalue weighted by molar-refractivity contribution is 7.90. The normalized spacial score (nSPS) is 15.6. The summed E-state index contributed by atoms with van der Waals surface area (Å²) in [6.07, 6.45) is 3.87. The Morgan fingerprint density at radius 3 is 2.52 bits per heavy atom. The van der Waals surface area contributed by atoms with Crippen molar-refractivity contribution >= 4 is 27.4 Å². The second kappa shape index (κ2) is 8.46. The zero-order chi connectivity index (χ0) is 19.4.